The molecule has 1 saturated carbocycles. The van der Waals surface area contributed by atoms with E-state index >= 15 is 0 Å². The third kappa shape index (κ3) is 4.81. The highest BCUT2D eigenvalue weighted by atomic mass is 32.2. The number of hydrogen-bond donors (Lipinski definition) is 0. The van der Waals surface area contributed by atoms with E-state index < -0.39 is 9.84 Å². The fourth-order valence-corrected chi connectivity index (χ4v) is 5.30. The lowest BCUT2D eigenvalue weighted by Crippen LogP contribution is -2.39. The van der Waals surface area contributed by atoms with Gasteiger partial charge in [-0.25, -0.2) is 13.4 Å². The number of aromatic nitrogens is 2. The summed E-state index contributed by atoms with van der Waals surface area (Å²) in [6.45, 7) is 3.54. The summed E-state index contributed by atoms with van der Waals surface area (Å²) in [6.07, 6.45) is 6.16. The van der Waals surface area contributed by atoms with E-state index in [1.54, 1.807) is 20.4 Å². The van der Waals surface area contributed by atoms with Gasteiger partial charge < -0.3 is 14.0 Å². The van der Waals surface area contributed by atoms with Gasteiger partial charge in [0.05, 0.1) is 30.4 Å². The third-order valence-corrected chi connectivity index (χ3v) is 6.82. The van der Waals surface area contributed by atoms with Gasteiger partial charge in [0.1, 0.15) is 0 Å². The van der Waals surface area contributed by atoms with Crippen LogP contribution in [0.4, 0.5) is 0 Å². The number of hydrogen-bond acceptors (Lipinski definition) is 6. The molecule has 0 spiro atoms. The molecule has 1 atom stereocenters. The van der Waals surface area contributed by atoms with Crippen molar-refractivity contribution < 1.29 is 17.9 Å². The quantitative estimate of drug-likeness (QED) is 0.652. The lowest BCUT2D eigenvalue weighted by Gasteiger charge is -2.31. The summed E-state index contributed by atoms with van der Waals surface area (Å²) in [5.41, 5.74) is 0.933. The molecule has 1 aliphatic carbocycles. The van der Waals surface area contributed by atoms with E-state index in [1.165, 1.54) is 0 Å². The van der Waals surface area contributed by atoms with Gasteiger partial charge in [-0.1, -0.05) is 0 Å². The molecule has 2 fully saturated rings. The second kappa shape index (κ2) is 8.16. The molecular weight excluding hydrogens is 342 g/mol. The molecule has 1 aromatic heterocycles. The molecular formula is C17H29N3O4S. The highest BCUT2D eigenvalue weighted by Crippen LogP contribution is 2.32. The van der Waals surface area contributed by atoms with Gasteiger partial charge >= 0.3 is 0 Å². The summed E-state index contributed by atoms with van der Waals surface area (Å²) in [6, 6.07) is 0. The maximum absolute atomic E-state index is 12.7. The minimum Gasteiger partial charge on any atom is -0.383 e. The number of likely N-dealkylation sites (tertiary alicyclic amines) is 1. The van der Waals surface area contributed by atoms with Crippen LogP contribution in [0, 0.1) is 5.92 Å². The standard InChI is InChI=1S/C17H29N3O4S/c1-23-9-8-20-15(11-19-7-3-4-16(12-19)24-2)10-18-17(20)25(21,22)13-14-5-6-14/h10,14,16H,3-9,11-13H2,1-2H3/t16-/m0/s1. The average Bonchev–Trinajstić information content (AvgIpc) is 3.30. The van der Waals surface area contributed by atoms with Crippen LogP contribution in [0.5, 0.6) is 0 Å². The van der Waals surface area contributed by atoms with Crippen molar-refractivity contribution in [3.63, 3.8) is 0 Å². The minimum absolute atomic E-state index is 0.201. The van der Waals surface area contributed by atoms with Gasteiger partial charge in [0.25, 0.3) is 0 Å². The fraction of sp³-hybridized carbons (Fsp3) is 0.824. The Morgan fingerprint density at radius 3 is 2.76 bits per heavy atom. The zero-order chi connectivity index (χ0) is 17.9. The summed E-state index contributed by atoms with van der Waals surface area (Å²) in [5.74, 6) is 0.525. The molecule has 8 heteroatoms. The molecule has 0 aromatic carbocycles. The molecule has 1 saturated heterocycles. The Morgan fingerprint density at radius 2 is 2.08 bits per heavy atom. The van der Waals surface area contributed by atoms with E-state index in [0.29, 0.717) is 25.6 Å². The van der Waals surface area contributed by atoms with Crippen LogP contribution in [0.1, 0.15) is 31.4 Å². The maximum Gasteiger partial charge on any atom is 0.227 e. The lowest BCUT2D eigenvalue weighted by atomic mass is 10.1. The molecule has 142 valence electrons. The van der Waals surface area contributed by atoms with Gasteiger partial charge in [-0.15, -0.1) is 0 Å². The number of methoxy groups -OCH3 is 2. The van der Waals surface area contributed by atoms with E-state index in [9.17, 15) is 8.42 Å². The first-order valence-corrected chi connectivity index (χ1v) is 10.7. The van der Waals surface area contributed by atoms with Crippen molar-refractivity contribution >= 4 is 9.84 Å². The number of ether oxygens (including phenoxy) is 2. The average molecular weight is 372 g/mol. The Hall–Kier alpha value is -0.960. The molecule has 1 aromatic rings. The molecule has 3 rings (SSSR count). The molecule has 1 aliphatic heterocycles. The van der Waals surface area contributed by atoms with Gasteiger partial charge in [-0.2, -0.15) is 0 Å². The summed E-state index contributed by atoms with van der Waals surface area (Å²) in [5, 5.41) is 0.201. The van der Waals surface area contributed by atoms with E-state index in [2.05, 4.69) is 9.88 Å². The minimum atomic E-state index is -3.34. The Morgan fingerprint density at radius 1 is 1.28 bits per heavy atom. The number of sulfone groups is 1. The summed E-state index contributed by atoms with van der Waals surface area (Å²) >= 11 is 0. The Kier molecular flexibility index (Phi) is 6.14. The molecule has 0 bridgehead atoms. The van der Waals surface area contributed by atoms with Gasteiger partial charge in [0, 0.05) is 33.9 Å². The Bertz CT molecular complexity index is 669. The van der Waals surface area contributed by atoms with Crippen molar-refractivity contribution in [1.82, 2.24) is 14.5 Å². The Labute approximate surface area is 150 Å². The van der Waals surface area contributed by atoms with Gasteiger partial charge in [-0.3, -0.25) is 4.90 Å². The largest absolute Gasteiger partial charge is 0.383 e. The van der Waals surface area contributed by atoms with Gasteiger partial charge in [0.15, 0.2) is 0 Å². The highest BCUT2D eigenvalue weighted by molar-refractivity contribution is 7.91. The van der Waals surface area contributed by atoms with Crippen LogP contribution in [0.2, 0.25) is 0 Å². The summed E-state index contributed by atoms with van der Waals surface area (Å²) in [7, 11) is 0.0369. The molecule has 0 N–H and O–H groups in total. The molecule has 7 nitrogen and oxygen atoms in total. The van der Waals surface area contributed by atoms with E-state index in [1.807, 2.05) is 4.57 Å². The second-order valence-electron chi connectivity index (χ2n) is 7.14. The van der Waals surface area contributed by atoms with Crippen LogP contribution < -0.4 is 0 Å². The van der Waals surface area contributed by atoms with Crippen molar-refractivity contribution in [2.45, 2.75) is 50.0 Å². The highest BCUT2D eigenvalue weighted by Gasteiger charge is 2.32. The van der Waals surface area contributed by atoms with Crippen LogP contribution in [-0.4, -0.2) is 68.6 Å². The monoisotopic (exact) mass is 371 g/mol. The van der Waals surface area contributed by atoms with Crippen molar-refractivity contribution in [2.24, 2.45) is 5.92 Å². The predicted molar refractivity (Wildman–Crippen MR) is 94.2 cm³/mol. The third-order valence-electron chi connectivity index (χ3n) is 5.03. The number of piperidine rings is 1. The summed E-state index contributed by atoms with van der Waals surface area (Å²) < 4.78 is 37.9. The molecule has 0 amide bonds. The first-order valence-electron chi connectivity index (χ1n) is 9.04. The molecule has 0 radical (unpaired) electrons. The van der Waals surface area contributed by atoms with Crippen LogP contribution in [0.3, 0.4) is 0 Å². The predicted octanol–water partition coefficient (Wildman–Crippen LogP) is 1.32. The van der Waals surface area contributed by atoms with Crippen molar-refractivity contribution in [3.8, 4) is 0 Å². The van der Waals surface area contributed by atoms with Crippen molar-refractivity contribution in [1.29, 1.82) is 0 Å². The zero-order valence-electron chi connectivity index (χ0n) is 15.2. The number of rotatable bonds is 9. The van der Waals surface area contributed by atoms with Crippen LogP contribution in [0.25, 0.3) is 0 Å². The van der Waals surface area contributed by atoms with Crippen LogP contribution in [0.15, 0.2) is 11.4 Å². The normalized spacial score (nSPS) is 22.4. The smallest absolute Gasteiger partial charge is 0.227 e. The first-order chi connectivity index (χ1) is 12.0. The molecule has 2 aliphatic rings. The van der Waals surface area contributed by atoms with Crippen molar-refractivity contribution in [3.05, 3.63) is 11.9 Å². The van der Waals surface area contributed by atoms with Crippen molar-refractivity contribution in [2.75, 3.05) is 39.7 Å². The van der Waals surface area contributed by atoms with E-state index in [-0.39, 0.29) is 17.0 Å². The molecule has 25 heavy (non-hydrogen) atoms. The number of nitrogens with zero attached hydrogens (tertiary/aromatic N) is 3. The Balaban J connectivity index is 1.78. The van der Waals surface area contributed by atoms with Crippen LogP contribution in [-0.2, 0) is 32.4 Å². The topological polar surface area (TPSA) is 73.7 Å². The van der Waals surface area contributed by atoms with E-state index in [4.69, 9.17) is 9.47 Å². The molecule has 2 heterocycles. The lowest BCUT2D eigenvalue weighted by molar-refractivity contribution is 0.0275. The SMILES string of the molecule is COCCn1c(CN2CCC[C@H](OC)C2)cnc1S(=O)(=O)CC1CC1. The maximum atomic E-state index is 12.7. The summed E-state index contributed by atoms with van der Waals surface area (Å²) in [4.78, 5) is 6.60. The fourth-order valence-electron chi connectivity index (χ4n) is 3.44. The van der Waals surface area contributed by atoms with E-state index in [0.717, 1.165) is 44.5 Å². The zero-order valence-corrected chi connectivity index (χ0v) is 16.0. The second-order valence-corrected chi connectivity index (χ2v) is 9.06. The van der Waals surface area contributed by atoms with Crippen LogP contribution >= 0.6 is 0 Å². The molecule has 0 unspecified atom stereocenters. The first kappa shape index (κ1) is 18.8. The number of imidazole rings is 1. The van der Waals surface area contributed by atoms with Gasteiger partial charge in [0.2, 0.25) is 15.0 Å². The van der Waals surface area contributed by atoms with Gasteiger partial charge in [-0.05, 0) is 38.1 Å².